The monoisotopic (exact) mass is 502 g/mol. The lowest BCUT2D eigenvalue weighted by atomic mass is 10.2. The number of ether oxygens (including phenoxy) is 1. The van der Waals surface area contributed by atoms with Gasteiger partial charge in [-0.1, -0.05) is 34.1 Å². The SMILES string of the molecule is Cc1cccc(NC(=O)COc2ccc(CNc3ccc(Br)cc3)cc2Br)c1. The Balaban J connectivity index is 1.52. The van der Waals surface area contributed by atoms with Crippen LogP contribution in [0.3, 0.4) is 0 Å². The van der Waals surface area contributed by atoms with Gasteiger partial charge < -0.3 is 15.4 Å². The van der Waals surface area contributed by atoms with Crippen LogP contribution in [0, 0.1) is 6.92 Å². The van der Waals surface area contributed by atoms with E-state index in [-0.39, 0.29) is 12.5 Å². The van der Waals surface area contributed by atoms with Crippen LogP contribution in [-0.2, 0) is 11.3 Å². The summed E-state index contributed by atoms with van der Waals surface area (Å²) in [6.07, 6.45) is 0. The van der Waals surface area contributed by atoms with E-state index in [9.17, 15) is 4.79 Å². The molecule has 3 aromatic rings. The molecule has 3 rings (SSSR count). The van der Waals surface area contributed by atoms with Crippen LogP contribution in [0.4, 0.5) is 11.4 Å². The number of hydrogen-bond donors (Lipinski definition) is 2. The predicted molar refractivity (Wildman–Crippen MR) is 121 cm³/mol. The Labute approximate surface area is 181 Å². The molecule has 0 aliphatic heterocycles. The lowest BCUT2D eigenvalue weighted by Gasteiger charge is -2.11. The van der Waals surface area contributed by atoms with Gasteiger partial charge in [-0.2, -0.15) is 0 Å². The molecule has 0 atom stereocenters. The number of rotatable bonds is 7. The summed E-state index contributed by atoms with van der Waals surface area (Å²) in [5.74, 6) is 0.435. The van der Waals surface area contributed by atoms with Crippen molar-refractivity contribution in [1.82, 2.24) is 0 Å². The van der Waals surface area contributed by atoms with Gasteiger partial charge in [0.2, 0.25) is 0 Å². The Morgan fingerprint density at radius 1 is 0.964 bits per heavy atom. The van der Waals surface area contributed by atoms with Crippen LogP contribution in [0.5, 0.6) is 5.75 Å². The van der Waals surface area contributed by atoms with Crippen LogP contribution in [0.25, 0.3) is 0 Å². The van der Waals surface area contributed by atoms with Crippen molar-refractivity contribution in [2.75, 3.05) is 17.2 Å². The van der Waals surface area contributed by atoms with Crippen molar-refractivity contribution in [2.24, 2.45) is 0 Å². The summed E-state index contributed by atoms with van der Waals surface area (Å²) in [4.78, 5) is 12.1. The highest BCUT2D eigenvalue weighted by Crippen LogP contribution is 2.26. The van der Waals surface area contributed by atoms with E-state index < -0.39 is 0 Å². The number of anilines is 2. The fourth-order valence-corrected chi connectivity index (χ4v) is 3.41. The molecule has 0 aliphatic rings. The van der Waals surface area contributed by atoms with Crippen LogP contribution in [0.1, 0.15) is 11.1 Å². The lowest BCUT2D eigenvalue weighted by molar-refractivity contribution is -0.118. The minimum Gasteiger partial charge on any atom is -0.483 e. The number of carbonyl (C=O) groups is 1. The molecule has 0 bridgehead atoms. The van der Waals surface area contributed by atoms with Crippen LogP contribution in [-0.4, -0.2) is 12.5 Å². The molecule has 3 aromatic carbocycles. The van der Waals surface area contributed by atoms with E-state index in [0.717, 1.165) is 31.4 Å². The second-order valence-electron chi connectivity index (χ2n) is 6.33. The molecule has 0 unspecified atom stereocenters. The van der Waals surface area contributed by atoms with Gasteiger partial charge in [-0.05, 0) is 82.5 Å². The van der Waals surface area contributed by atoms with E-state index in [1.54, 1.807) is 0 Å². The van der Waals surface area contributed by atoms with Crippen molar-refractivity contribution in [2.45, 2.75) is 13.5 Å². The van der Waals surface area contributed by atoms with Gasteiger partial charge in [0.15, 0.2) is 6.61 Å². The highest BCUT2D eigenvalue weighted by molar-refractivity contribution is 9.10. The van der Waals surface area contributed by atoms with Gasteiger partial charge in [-0.3, -0.25) is 4.79 Å². The summed E-state index contributed by atoms with van der Waals surface area (Å²) >= 11 is 6.95. The largest absolute Gasteiger partial charge is 0.483 e. The maximum atomic E-state index is 12.1. The Hall–Kier alpha value is -2.31. The molecule has 28 heavy (non-hydrogen) atoms. The summed E-state index contributed by atoms with van der Waals surface area (Å²) in [7, 11) is 0. The highest BCUT2D eigenvalue weighted by Gasteiger charge is 2.07. The van der Waals surface area contributed by atoms with Crippen LogP contribution >= 0.6 is 31.9 Å². The van der Waals surface area contributed by atoms with E-state index >= 15 is 0 Å². The van der Waals surface area contributed by atoms with Gasteiger partial charge in [0, 0.05) is 22.4 Å². The van der Waals surface area contributed by atoms with E-state index in [4.69, 9.17) is 4.74 Å². The molecule has 6 heteroatoms. The molecule has 2 N–H and O–H groups in total. The standard InChI is InChI=1S/C22H20Br2N2O2/c1-15-3-2-4-19(11-15)26-22(27)14-28-21-10-5-16(12-20(21)24)13-25-18-8-6-17(23)7-9-18/h2-12,25H,13-14H2,1H3,(H,26,27). The fraction of sp³-hybridized carbons (Fsp3) is 0.136. The van der Waals surface area contributed by atoms with Crippen LogP contribution in [0.2, 0.25) is 0 Å². The molecular weight excluding hydrogens is 484 g/mol. The third kappa shape index (κ3) is 6.11. The number of benzene rings is 3. The van der Waals surface area contributed by atoms with E-state index in [1.807, 2.05) is 73.7 Å². The maximum Gasteiger partial charge on any atom is 0.262 e. The normalized spacial score (nSPS) is 10.4. The zero-order valence-corrected chi connectivity index (χ0v) is 18.5. The number of nitrogens with one attached hydrogen (secondary N) is 2. The van der Waals surface area contributed by atoms with Gasteiger partial charge in [-0.25, -0.2) is 0 Å². The summed E-state index contributed by atoms with van der Waals surface area (Å²) in [5, 5.41) is 6.20. The first-order chi connectivity index (χ1) is 13.5. The first kappa shape index (κ1) is 20.4. The number of amides is 1. The van der Waals surface area contributed by atoms with Gasteiger partial charge in [0.25, 0.3) is 5.91 Å². The second-order valence-corrected chi connectivity index (χ2v) is 8.10. The molecule has 1 amide bonds. The number of carbonyl (C=O) groups excluding carboxylic acids is 1. The molecular formula is C22H20Br2N2O2. The average Bonchev–Trinajstić information content (AvgIpc) is 2.67. The fourth-order valence-electron chi connectivity index (χ4n) is 2.61. The molecule has 0 heterocycles. The third-order valence-electron chi connectivity index (χ3n) is 4.00. The molecule has 4 nitrogen and oxygen atoms in total. The first-order valence-corrected chi connectivity index (χ1v) is 10.4. The van der Waals surface area contributed by atoms with E-state index in [1.165, 1.54) is 0 Å². The Morgan fingerprint density at radius 2 is 1.75 bits per heavy atom. The van der Waals surface area contributed by atoms with Crippen molar-refractivity contribution < 1.29 is 9.53 Å². The summed E-state index contributed by atoms with van der Waals surface area (Å²) in [6, 6.07) is 21.5. The van der Waals surface area contributed by atoms with Gasteiger partial charge >= 0.3 is 0 Å². The van der Waals surface area contributed by atoms with Crippen molar-refractivity contribution in [3.63, 3.8) is 0 Å². The zero-order valence-electron chi connectivity index (χ0n) is 15.3. The van der Waals surface area contributed by atoms with E-state index in [0.29, 0.717) is 12.3 Å². The Kier molecular flexibility index (Phi) is 7.12. The molecule has 0 aliphatic carbocycles. The summed E-state index contributed by atoms with van der Waals surface area (Å²) < 4.78 is 7.51. The number of aryl methyl sites for hydroxylation is 1. The molecule has 0 radical (unpaired) electrons. The van der Waals surface area contributed by atoms with Crippen LogP contribution < -0.4 is 15.4 Å². The van der Waals surface area contributed by atoms with Crippen LogP contribution in [0.15, 0.2) is 75.7 Å². The van der Waals surface area contributed by atoms with Crippen molar-refractivity contribution in [3.8, 4) is 5.75 Å². The minimum atomic E-state index is -0.196. The van der Waals surface area contributed by atoms with Crippen molar-refractivity contribution in [1.29, 1.82) is 0 Å². The van der Waals surface area contributed by atoms with Crippen molar-refractivity contribution >= 4 is 49.1 Å². The van der Waals surface area contributed by atoms with Gasteiger partial charge in [-0.15, -0.1) is 0 Å². The third-order valence-corrected chi connectivity index (χ3v) is 5.15. The van der Waals surface area contributed by atoms with Gasteiger partial charge in [0.1, 0.15) is 5.75 Å². The predicted octanol–water partition coefficient (Wildman–Crippen LogP) is 6.15. The molecule has 0 spiro atoms. The summed E-state index contributed by atoms with van der Waals surface area (Å²) in [5.41, 5.74) is 4.01. The molecule has 0 saturated heterocycles. The Bertz CT molecular complexity index is 959. The number of hydrogen-bond acceptors (Lipinski definition) is 3. The van der Waals surface area contributed by atoms with E-state index in [2.05, 4.69) is 42.5 Å². The molecule has 0 aromatic heterocycles. The van der Waals surface area contributed by atoms with Gasteiger partial charge in [0.05, 0.1) is 4.47 Å². The minimum absolute atomic E-state index is 0.0525. The lowest BCUT2D eigenvalue weighted by Crippen LogP contribution is -2.20. The average molecular weight is 504 g/mol. The Morgan fingerprint density at radius 3 is 2.46 bits per heavy atom. The first-order valence-electron chi connectivity index (χ1n) is 8.77. The quantitative estimate of drug-likeness (QED) is 0.406. The molecule has 0 fully saturated rings. The molecule has 0 saturated carbocycles. The molecule has 144 valence electrons. The van der Waals surface area contributed by atoms with Crippen molar-refractivity contribution in [3.05, 3.63) is 86.8 Å². The summed E-state index contributed by atoms with van der Waals surface area (Å²) in [6.45, 7) is 2.62. The maximum absolute atomic E-state index is 12.1. The zero-order chi connectivity index (χ0) is 19.9. The number of halogens is 2. The topological polar surface area (TPSA) is 50.4 Å². The highest BCUT2D eigenvalue weighted by atomic mass is 79.9. The second kappa shape index (κ2) is 9.75. The smallest absolute Gasteiger partial charge is 0.262 e.